The number of likely N-dealkylation sites (tertiary alicyclic amines) is 1. The van der Waals surface area contributed by atoms with E-state index in [0.717, 1.165) is 49.5 Å². The van der Waals surface area contributed by atoms with Crippen molar-refractivity contribution in [2.75, 3.05) is 40.9 Å². The van der Waals surface area contributed by atoms with Gasteiger partial charge in [0.05, 0.1) is 14.2 Å². The first-order chi connectivity index (χ1) is 11.2. The zero-order valence-corrected chi connectivity index (χ0v) is 15.7. The average molecular weight is 357 g/mol. The maximum Gasteiger partial charge on any atom is 0.222 e. The molecule has 5 nitrogen and oxygen atoms in total. The summed E-state index contributed by atoms with van der Waals surface area (Å²) >= 11 is 0. The molecule has 1 amide bonds. The molecule has 24 heavy (non-hydrogen) atoms. The second-order valence-corrected chi connectivity index (χ2v) is 6.06. The molecule has 0 aromatic heterocycles. The summed E-state index contributed by atoms with van der Waals surface area (Å²) in [6.07, 6.45) is 3.37. The van der Waals surface area contributed by atoms with Crippen LogP contribution in [0.25, 0.3) is 0 Å². The van der Waals surface area contributed by atoms with Crippen molar-refractivity contribution in [3.63, 3.8) is 0 Å². The lowest BCUT2D eigenvalue weighted by Gasteiger charge is -2.32. The van der Waals surface area contributed by atoms with Gasteiger partial charge in [-0.05, 0) is 62.5 Å². The Morgan fingerprint density at radius 2 is 1.96 bits per heavy atom. The molecule has 1 N–H and O–H groups in total. The van der Waals surface area contributed by atoms with Crippen molar-refractivity contribution in [3.05, 3.63) is 23.8 Å². The number of piperidine rings is 1. The van der Waals surface area contributed by atoms with Crippen molar-refractivity contribution in [2.24, 2.45) is 5.92 Å². The van der Waals surface area contributed by atoms with Gasteiger partial charge in [-0.25, -0.2) is 0 Å². The highest BCUT2D eigenvalue weighted by Gasteiger charge is 2.22. The molecular weight excluding hydrogens is 328 g/mol. The summed E-state index contributed by atoms with van der Waals surface area (Å²) in [7, 11) is 5.28. The van der Waals surface area contributed by atoms with Crippen LogP contribution in [-0.2, 0) is 11.2 Å². The lowest BCUT2D eigenvalue weighted by Crippen LogP contribution is -2.40. The Labute approximate surface area is 151 Å². The van der Waals surface area contributed by atoms with Crippen LogP contribution < -0.4 is 14.8 Å². The number of hydrogen-bond acceptors (Lipinski definition) is 4. The van der Waals surface area contributed by atoms with E-state index >= 15 is 0 Å². The number of benzene rings is 1. The smallest absolute Gasteiger partial charge is 0.222 e. The predicted octanol–water partition coefficient (Wildman–Crippen LogP) is 2.52. The van der Waals surface area contributed by atoms with Crippen molar-refractivity contribution in [1.82, 2.24) is 10.2 Å². The van der Waals surface area contributed by atoms with Crippen molar-refractivity contribution in [3.8, 4) is 11.5 Å². The Balaban J connectivity index is 0.00000288. The fourth-order valence-corrected chi connectivity index (χ4v) is 3.15. The molecule has 1 heterocycles. The Hall–Kier alpha value is -1.46. The summed E-state index contributed by atoms with van der Waals surface area (Å²) in [6, 6.07) is 5.71. The van der Waals surface area contributed by atoms with Gasteiger partial charge in [0.15, 0.2) is 0 Å². The second-order valence-electron chi connectivity index (χ2n) is 6.06. The molecule has 2 rings (SSSR count). The Morgan fingerprint density at radius 3 is 2.54 bits per heavy atom. The van der Waals surface area contributed by atoms with E-state index in [1.165, 1.54) is 0 Å². The van der Waals surface area contributed by atoms with Crippen LogP contribution in [0.1, 0.15) is 24.8 Å². The van der Waals surface area contributed by atoms with Gasteiger partial charge in [-0.15, -0.1) is 12.4 Å². The molecule has 1 aliphatic rings. The molecule has 0 spiro atoms. The lowest BCUT2D eigenvalue weighted by atomic mass is 9.96. The predicted molar refractivity (Wildman–Crippen MR) is 98.3 cm³/mol. The van der Waals surface area contributed by atoms with Gasteiger partial charge in [0.25, 0.3) is 0 Å². The first-order valence-corrected chi connectivity index (χ1v) is 8.31. The van der Waals surface area contributed by atoms with Gasteiger partial charge in [0, 0.05) is 19.5 Å². The number of carbonyl (C=O) groups is 1. The van der Waals surface area contributed by atoms with E-state index in [9.17, 15) is 4.79 Å². The molecule has 0 unspecified atom stereocenters. The first kappa shape index (κ1) is 20.6. The molecule has 0 radical (unpaired) electrons. The first-order valence-electron chi connectivity index (χ1n) is 8.31. The topological polar surface area (TPSA) is 50.8 Å². The highest BCUT2D eigenvalue weighted by Crippen LogP contribution is 2.25. The monoisotopic (exact) mass is 356 g/mol. The number of methoxy groups -OCH3 is 2. The summed E-state index contributed by atoms with van der Waals surface area (Å²) in [5, 5.41) is 3.22. The zero-order chi connectivity index (χ0) is 16.7. The van der Waals surface area contributed by atoms with Crippen LogP contribution in [0.5, 0.6) is 11.5 Å². The number of hydrogen-bond donors (Lipinski definition) is 1. The van der Waals surface area contributed by atoms with E-state index in [0.29, 0.717) is 18.8 Å². The molecule has 0 atom stereocenters. The summed E-state index contributed by atoms with van der Waals surface area (Å²) in [6.45, 7) is 2.80. The highest BCUT2D eigenvalue weighted by atomic mass is 35.5. The van der Waals surface area contributed by atoms with Crippen molar-refractivity contribution >= 4 is 18.3 Å². The van der Waals surface area contributed by atoms with Crippen LogP contribution in [0.15, 0.2) is 18.2 Å². The SMILES string of the molecule is CNCC1CCN(C(=O)CCc2cc(OC)ccc2OC)CC1.Cl. The fraction of sp³-hybridized carbons (Fsp3) is 0.611. The van der Waals surface area contributed by atoms with Crippen LogP contribution in [0, 0.1) is 5.92 Å². The van der Waals surface area contributed by atoms with Gasteiger partial charge in [0.2, 0.25) is 5.91 Å². The van der Waals surface area contributed by atoms with Crippen molar-refractivity contribution < 1.29 is 14.3 Å². The minimum absolute atomic E-state index is 0. The number of nitrogens with one attached hydrogen (secondary N) is 1. The number of aryl methyl sites for hydroxylation is 1. The van der Waals surface area contributed by atoms with E-state index in [1.807, 2.05) is 30.1 Å². The van der Waals surface area contributed by atoms with Gasteiger partial charge < -0.3 is 19.7 Å². The molecule has 0 saturated carbocycles. The van der Waals surface area contributed by atoms with Crippen molar-refractivity contribution in [1.29, 1.82) is 0 Å². The van der Waals surface area contributed by atoms with Crippen LogP contribution in [0.3, 0.4) is 0 Å². The number of amides is 1. The van der Waals surface area contributed by atoms with Crippen molar-refractivity contribution in [2.45, 2.75) is 25.7 Å². The van der Waals surface area contributed by atoms with Gasteiger partial charge >= 0.3 is 0 Å². The zero-order valence-electron chi connectivity index (χ0n) is 14.8. The van der Waals surface area contributed by atoms with E-state index in [-0.39, 0.29) is 18.3 Å². The third-order valence-corrected chi connectivity index (χ3v) is 4.56. The molecular formula is C18H29ClN2O3. The van der Waals surface area contributed by atoms with Gasteiger partial charge in [0.1, 0.15) is 11.5 Å². The number of ether oxygens (including phenoxy) is 2. The van der Waals surface area contributed by atoms with E-state index in [1.54, 1.807) is 14.2 Å². The maximum absolute atomic E-state index is 12.4. The molecule has 1 aliphatic heterocycles. The molecule has 0 bridgehead atoms. The number of nitrogens with zero attached hydrogens (tertiary/aromatic N) is 1. The number of carbonyl (C=O) groups excluding carboxylic acids is 1. The second kappa shape index (κ2) is 10.4. The fourth-order valence-electron chi connectivity index (χ4n) is 3.15. The van der Waals surface area contributed by atoms with Crippen LogP contribution in [0.4, 0.5) is 0 Å². The van der Waals surface area contributed by atoms with Gasteiger partial charge in [-0.2, -0.15) is 0 Å². The molecule has 136 valence electrons. The van der Waals surface area contributed by atoms with Crippen LogP contribution >= 0.6 is 12.4 Å². The molecule has 0 aliphatic carbocycles. The van der Waals surface area contributed by atoms with Crippen LogP contribution in [-0.4, -0.2) is 51.7 Å². The Bertz CT molecular complexity index is 517. The standard InChI is InChI=1S/C18H28N2O3.ClH/c1-19-13-14-8-10-20(11-9-14)18(21)7-4-15-12-16(22-2)5-6-17(15)23-3;/h5-6,12,14,19H,4,7-11,13H2,1-3H3;1H. The quantitative estimate of drug-likeness (QED) is 0.815. The Kier molecular flexibility index (Phi) is 8.93. The normalized spacial score (nSPS) is 14.9. The highest BCUT2D eigenvalue weighted by molar-refractivity contribution is 5.85. The summed E-state index contributed by atoms with van der Waals surface area (Å²) in [4.78, 5) is 14.4. The largest absolute Gasteiger partial charge is 0.497 e. The number of rotatable bonds is 7. The summed E-state index contributed by atoms with van der Waals surface area (Å²) < 4.78 is 10.6. The molecule has 1 fully saturated rings. The molecule has 6 heteroatoms. The van der Waals surface area contributed by atoms with E-state index in [4.69, 9.17) is 9.47 Å². The third kappa shape index (κ3) is 5.56. The maximum atomic E-state index is 12.4. The van der Waals surface area contributed by atoms with Gasteiger partial charge in [-0.3, -0.25) is 4.79 Å². The average Bonchev–Trinajstić information content (AvgIpc) is 2.60. The summed E-state index contributed by atoms with van der Waals surface area (Å²) in [5.41, 5.74) is 1.02. The van der Waals surface area contributed by atoms with Gasteiger partial charge in [-0.1, -0.05) is 0 Å². The minimum Gasteiger partial charge on any atom is -0.497 e. The van der Waals surface area contributed by atoms with E-state index in [2.05, 4.69) is 5.32 Å². The molecule has 1 aromatic rings. The molecule has 1 aromatic carbocycles. The Morgan fingerprint density at radius 1 is 1.25 bits per heavy atom. The molecule has 1 saturated heterocycles. The summed E-state index contributed by atoms with van der Waals surface area (Å²) in [5.74, 6) is 2.53. The number of halogens is 1. The van der Waals surface area contributed by atoms with Crippen LogP contribution in [0.2, 0.25) is 0 Å². The lowest BCUT2D eigenvalue weighted by molar-refractivity contribution is -0.132. The van der Waals surface area contributed by atoms with E-state index < -0.39 is 0 Å². The third-order valence-electron chi connectivity index (χ3n) is 4.56. The minimum atomic E-state index is 0.